The molecule has 0 aliphatic heterocycles. The van der Waals surface area contributed by atoms with E-state index in [1.807, 2.05) is 0 Å². The highest BCUT2D eigenvalue weighted by atomic mass is 15.1. The summed E-state index contributed by atoms with van der Waals surface area (Å²) in [6, 6.07) is 10.5. The van der Waals surface area contributed by atoms with Crippen LogP contribution in [-0.4, -0.2) is 9.55 Å². The maximum absolute atomic E-state index is 4.77. The minimum atomic E-state index is 1.05. The van der Waals surface area contributed by atoms with E-state index in [0.29, 0.717) is 0 Å². The molecule has 2 aromatic rings. The first-order valence-electron chi connectivity index (χ1n) is 6.89. The SMILES string of the molecule is CCCCn1c(-c2ccccc2)nc(C)c1CC. The van der Waals surface area contributed by atoms with Gasteiger partial charge >= 0.3 is 0 Å². The van der Waals surface area contributed by atoms with Gasteiger partial charge < -0.3 is 4.57 Å². The molecule has 0 saturated carbocycles. The largest absolute Gasteiger partial charge is 0.328 e. The number of hydrogen-bond acceptors (Lipinski definition) is 1. The van der Waals surface area contributed by atoms with Gasteiger partial charge in [0.05, 0.1) is 5.69 Å². The second-order valence-electron chi connectivity index (χ2n) is 4.69. The fourth-order valence-corrected chi connectivity index (χ4v) is 2.42. The molecule has 0 atom stereocenters. The van der Waals surface area contributed by atoms with Crippen LogP contribution in [0.2, 0.25) is 0 Å². The number of unbranched alkanes of at least 4 members (excludes halogenated alkanes) is 1. The van der Waals surface area contributed by atoms with Crippen LogP contribution in [-0.2, 0) is 13.0 Å². The van der Waals surface area contributed by atoms with Crippen molar-refractivity contribution in [2.45, 2.75) is 46.6 Å². The van der Waals surface area contributed by atoms with Gasteiger partial charge in [-0.2, -0.15) is 0 Å². The van der Waals surface area contributed by atoms with Crippen LogP contribution in [0.4, 0.5) is 0 Å². The van der Waals surface area contributed by atoms with Gasteiger partial charge in [-0.3, -0.25) is 0 Å². The van der Waals surface area contributed by atoms with Gasteiger partial charge in [0.1, 0.15) is 5.82 Å². The molecule has 0 bridgehead atoms. The molecule has 0 fully saturated rings. The van der Waals surface area contributed by atoms with E-state index in [0.717, 1.165) is 18.8 Å². The number of imidazole rings is 1. The lowest BCUT2D eigenvalue weighted by Crippen LogP contribution is -2.05. The second-order valence-corrected chi connectivity index (χ2v) is 4.69. The fraction of sp³-hybridized carbons (Fsp3) is 0.438. The number of nitrogens with zero attached hydrogens (tertiary/aromatic N) is 2. The highest BCUT2D eigenvalue weighted by molar-refractivity contribution is 5.56. The van der Waals surface area contributed by atoms with Gasteiger partial charge in [0.25, 0.3) is 0 Å². The third-order valence-corrected chi connectivity index (χ3v) is 3.37. The monoisotopic (exact) mass is 242 g/mol. The van der Waals surface area contributed by atoms with Crippen LogP contribution in [0.25, 0.3) is 11.4 Å². The highest BCUT2D eigenvalue weighted by Crippen LogP contribution is 2.23. The second kappa shape index (κ2) is 5.85. The Morgan fingerprint density at radius 1 is 1.11 bits per heavy atom. The summed E-state index contributed by atoms with van der Waals surface area (Å²) in [4.78, 5) is 4.77. The minimum Gasteiger partial charge on any atom is -0.328 e. The zero-order chi connectivity index (χ0) is 13.0. The molecule has 0 saturated heterocycles. The Labute approximate surface area is 110 Å². The maximum atomic E-state index is 4.77. The molecule has 0 unspecified atom stereocenters. The molecule has 0 aliphatic carbocycles. The van der Waals surface area contributed by atoms with Crippen molar-refractivity contribution in [1.82, 2.24) is 9.55 Å². The molecule has 0 radical (unpaired) electrons. The van der Waals surface area contributed by atoms with Crippen molar-refractivity contribution >= 4 is 0 Å². The average molecular weight is 242 g/mol. The molecule has 2 rings (SSSR count). The molecular formula is C16H22N2. The normalized spacial score (nSPS) is 10.8. The van der Waals surface area contributed by atoms with Gasteiger partial charge in [-0.25, -0.2) is 4.98 Å². The Balaban J connectivity index is 2.46. The van der Waals surface area contributed by atoms with E-state index >= 15 is 0 Å². The van der Waals surface area contributed by atoms with Crippen molar-refractivity contribution in [3.05, 3.63) is 41.7 Å². The van der Waals surface area contributed by atoms with Crippen LogP contribution >= 0.6 is 0 Å². The summed E-state index contributed by atoms with van der Waals surface area (Å²) in [5, 5.41) is 0. The Hall–Kier alpha value is -1.57. The van der Waals surface area contributed by atoms with Crippen molar-refractivity contribution in [3.63, 3.8) is 0 Å². The van der Waals surface area contributed by atoms with Crippen LogP contribution in [0.1, 0.15) is 38.1 Å². The van der Waals surface area contributed by atoms with E-state index in [2.05, 4.69) is 55.7 Å². The summed E-state index contributed by atoms with van der Waals surface area (Å²) >= 11 is 0. The van der Waals surface area contributed by atoms with E-state index in [-0.39, 0.29) is 0 Å². The molecule has 0 spiro atoms. The molecule has 0 N–H and O–H groups in total. The molecule has 0 amide bonds. The molecule has 18 heavy (non-hydrogen) atoms. The lowest BCUT2D eigenvalue weighted by atomic mass is 10.2. The zero-order valence-corrected chi connectivity index (χ0v) is 11.6. The van der Waals surface area contributed by atoms with Crippen LogP contribution < -0.4 is 0 Å². The van der Waals surface area contributed by atoms with Crippen LogP contribution in [0.5, 0.6) is 0 Å². The number of hydrogen-bond donors (Lipinski definition) is 0. The van der Waals surface area contributed by atoms with E-state index in [9.17, 15) is 0 Å². The molecule has 2 heteroatoms. The van der Waals surface area contributed by atoms with Crippen molar-refractivity contribution in [3.8, 4) is 11.4 Å². The van der Waals surface area contributed by atoms with Crippen LogP contribution in [0.15, 0.2) is 30.3 Å². The Morgan fingerprint density at radius 3 is 2.44 bits per heavy atom. The Bertz CT molecular complexity index is 497. The highest BCUT2D eigenvalue weighted by Gasteiger charge is 2.13. The van der Waals surface area contributed by atoms with Crippen molar-refractivity contribution in [1.29, 1.82) is 0 Å². The van der Waals surface area contributed by atoms with Crippen molar-refractivity contribution in [2.75, 3.05) is 0 Å². The molecule has 96 valence electrons. The van der Waals surface area contributed by atoms with Gasteiger partial charge in [-0.05, 0) is 19.8 Å². The summed E-state index contributed by atoms with van der Waals surface area (Å²) in [7, 11) is 0. The van der Waals surface area contributed by atoms with Gasteiger partial charge in [0, 0.05) is 17.8 Å². The quantitative estimate of drug-likeness (QED) is 0.767. The third-order valence-electron chi connectivity index (χ3n) is 3.37. The van der Waals surface area contributed by atoms with Gasteiger partial charge in [-0.15, -0.1) is 0 Å². The molecule has 1 heterocycles. The maximum Gasteiger partial charge on any atom is 0.140 e. The standard InChI is InChI=1S/C16H22N2/c1-4-6-12-18-15(5-2)13(3)17-16(18)14-10-8-7-9-11-14/h7-11H,4-6,12H2,1-3H3. The van der Waals surface area contributed by atoms with Crippen LogP contribution in [0, 0.1) is 6.92 Å². The van der Waals surface area contributed by atoms with Gasteiger partial charge in [0.15, 0.2) is 0 Å². The number of aromatic nitrogens is 2. The minimum absolute atomic E-state index is 1.05. The fourth-order valence-electron chi connectivity index (χ4n) is 2.42. The number of aryl methyl sites for hydroxylation is 1. The molecule has 1 aromatic heterocycles. The number of benzene rings is 1. The van der Waals surface area contributed by atoms with Crippen LogP contribution in [0.3, 0.4) is 0 Å². The lowest BCUT2D eigenvalue weighted by Gasteiger charge is -2.10. The predicted molar refractivity (Wildman–Crippen MR) is 76.7 cm³/mol. The summed E-state index contributed by atoms with van der Waals surface area (Å²) in [6.07, 6.45) is 3.48. The summed E-state index contributed by atoms with van der Waals surface area (Å²) in [5.41, 5.74) is 3.77. The van der Waals surface area contributed by atoms with Crippen molar-refractivity contribution < 1.29 is 0 Å². The smallest absolute Gasteiger partial charge is 0.140 e. The topological polar surface area (TPSA) is 17.8 Å². The lowest BCUT2D eigenvalue weighted by molar-refractivity contribution is 0.615. The van der Waals surface area contributed by atoms with E-state index in [1.165, 1.54) is 29.8 Å². The van der Waals surface area contributed by atoms with E-state index < -0.39 is 0 Å². The summed E-state index contributed by atoms with van der Waals surface area (Å²) in [5.74, 6) is 1.12. The van der Waals surface area contributed by atoms with Gasteiger partial charge in [-0.1, -0.05) is 50.6 Å². The third kappa shape index (κ3) is 2.47. The van der Waals surface area contributed by atoms with E-state index in [1.54, 1.807) is 0 Å². The average Bonchev–Trinajstić information content (AvgIpc) is 2.73. The number of rotatable bonds is 5. The zero-order valence-electron chi connectivity index (χ0n) is 11.6. The first kappa shape index (κ1) is 12.9. The first-order chi connectivity index (χ1) is 8.77. The molecule has 0 aliphatic rings. The summed E-state index contributed by atoms with van der Waals surface area (Å²) in [6.45, 7) is 7.64. The van der Waals surface area contributed by atoms with E-state index in [4.69, 9.17) is 4.98 Å². The predicted octanol–water partition coefficient (Wildman–Crippen LogP) is 4.22. The van der Waals surface area contributed by atoms with Gasteiger partial charge in [0.2, 0.25) is 0 Å². The Kier molecular flexibility index (Phi) is 4.19. The Morgan fingerprint density at radius 2 is 1.83 bits per heavy atom. The summed E-state index contributed by atoms with van der Waals surface area (Å²) < 4.78 is 2.40. The van der Waals surface area contributed by atoms with Crippen molar-refractivity contribution in [2.24, 2.45) is 0 Å². The molecular weight excluding hydrogens is 220 g/mol. The molecule has 2 nitrogen and oxygen atoms in total. The molecule has 1 aromatic carbocycles. The first-order valence-corrected chi connectivity index (χ1v) is 6.89.